The number of hydrogen-bond donors (Lipinski definition) is 0. The summed E-state index contributed by atoms with van der Waals surface area (Å²) in [5.41, 5.74) is 3.73. The lowest BCUT2D eigenvalue weighted by Crippen LogP contribution is -2.46. The van der Waals surface area contributed by atoms with Crippen molar-refractivity contribution < 1.29 is 8.78 Å². The van der Waals surface area contributed by atoms with Crippen molar-refractivity contribution in [1.82, 2.24) is 14.7 Å². The maximum absolute atomic E-state index is 13.5. The van der Waals surface area contributed by atoms with E-state index in [4.69, 9.17) is 0 Å². The highest BCUT2D eigenvalue weighted by Gasteiger charge is 2.18. The molecule has 0 radical (unpaired) electrons. The van der Waals surface area contributed by atoms with E-state index in [1.165, 1.54) is 28.9 Å². The maximum Gasteiger partial charge on any atom is 0.274 e. The number of aryl methyl sites for hydroxylation is 1. The van der Waals surface area contributed by atoms with Gasteiger partial charge >= 0.3 is 0 Å². The summed E-state index contributed by atoms with van der Waals surface area (Å²) < 4.78 is 28.2. The predicted molar refractivity (Wildman–Crippen MR) is 139 cm³/mol. The lowest BCUT2D eigenvalue weighted by molar-refractivity contribution is 0.248. The van der Waals surface area contributed by atoms with E-state index in [2.05, 4.69) is 14.9 Å². The summed E-state index contributed by atoms with van der Waals surface area (Å²) in [4.78, 5) is 18.0. The number of nitrogens with zero attached hydrogens (tertiary/aromatic N) is 4. The van der Waals surface area contributed by atoms with Gasteiger partial charge in [0.2, 0.25) is 0 Å². The van der Waals surface area contributed by atoms with Gasteiger partial charge < -0.3 is 4.90 Å². The van der Waals surface area contributed by atoms with Crippen molar-refractivity contribution in [2.24, 2.45) is 0 Å². The molecule has 0 atom stereocenters. The van der Waals surface area contributed by atoms with Crippen LogP contribution in [0.4, 0.5) is 14.5 Å². The number of hydrogen-bond acceptors (Lipinski definition) is 4. The molecule has 0 spiro atoms. The van der Waals surface area contributed by atoms with Gasteiger partial charge in [0.1, 0.15) is 11.6 Å². The number of piperazine rings is 1. The highest BCUT2D eigenvalue weighted by molar-refractivity contribution is 5.69. The molecule has 1 aliphatic rings. The molecule has 5 rings (SSSR count). The van der Waals surface area contributed by atoms with E-state index in [1.807, 2.05) is 42.5 Å². The van der Waals surface area contributed by atoms with Gasteiger partial charge in [0.05, 0.1) is 11.3 Å². The monoisotopic (exact) mass is 486 g/mol. The zero-order valence-electron chi connectivity index (χ0n) is 20.0. The molecule has 5 nitrogen and oxygen atoms in total. The van der Waals surface area contributed by atoms with Gasteiger partial charge in [-0.1, -0.05) is 30.3 Å². The normalized spacial score (nSPS) is 14.2. The average molecular weight is 487 g/mol. The van der Waals surface area contributed by atoms with E-state index in [0.717, 1.165) is 56.0 Å². The van der Waals surface area contributed by atoms with Crippen LogP contribution in [-0.2, 0) is 6.54 Å². The second-order valence-electron chi connectivity index (χ2n) is 9.00. The first-order valence-electron chi connectivity index (χ1n) is 12.2. The van der Waals surface area contributed by atoms with Crippen molar-refractivity contribution in [1.29, 1.82) is 0 Å². The van der Waals surface area contributed by atoms with Crippen molar-refractivity contribution >= 4 is 5.69 Å². The van der Waals surface area contributed by atoms with Crippen LogP contribution in [0.3, 0.4) is 0 Å². The zero-order valence-corrected chi connectivity index (χ0v) is 20.0. The molecule has 3 aromatic carbocycles. The Balaban J connectivity index is 1.28. The number of anilines is 1. The largest absolute Gasteiger partial charge is 0.369 e. The second-order valence-corrected chi connectivity index (χ2v) is 9.00. The third kappa shape index (κ3) is 5.52. The van der Waals surface area contributed by atoms with Gasteiger partial charge in [0.25, 0.3) is 5.56 Å². The summed E-state index contributed by atoms with van der Waals surface area (Å²) >= 11 is 0. The van der Waals surface area contributed by atoms with Gasteiger partial charge in [-0.3, -0.25) is 9.69 Å². The minimum absolute atomic E-state index is 0.131. The Morgan fingerprint density at radius 3 is 2.03 bits per heavy atom. The van der Waals surface area contributed by atoms with Crippen molar-refractivity contribution in [3.63, 3.8) is 0 Å². The van der Waals surface area contributed by atoms with Gasteiger partial charge in [0, 0.05) is 50.5 Å². The number of halogens is 2. The fourth-order valence-electron chi connectivity index (χ4n) is 4.61. The molecule has 0 amide bonds. The molecule has 0 saturated carbocycles. The molecule has 0 aliphatic carbocycles. The summed E-state index contributed by atoms with van der Waals surface area (Å²) in [6, 6.07) is 24.1. The molecule has 1 fully saturated rings. The zero-order chi connectivity index (χ0) is 24.9. The van der Waals surface area contributed by atoms with E-state index in [-0.39, 0.29) is 17.2 Å². The van der Waals surface area contributed by atoms with E-state index in [1.54, 1.807) is 18.2 Å². The highest BCUT2D eigenvalue weighted by atomic mass is 19.1. The quantitative estimate of drug-likeness (QED) is 0.366. The van der Waals surface area contributed by atoms with Gasteiger partial charge in [-0.25, -0.2) is 13.5 Å². The molecule has 7 heteroatoms. The third-order valence-electron chi connectivity index (χ3n) is 6.61. The van der Waals surface area contributed by atoms with Crippen molar-refractivity contribution in [2.45, 2.75) is 13.0 Å². The fraction of sp³-hybridized carbons (Fsp3) is 0.241. The molecular weight excluding hydrogens is 458 g/mol. The van der Waals surface area contributed by atoms with Gasteiger partial charge in [-0.05, 0) is 66.6 Å². The maximum atomic E-state index is 13.5. The summed E-state index contributed by atoms with van der Waals surface area (Å²) in [7, 11) is 0. The molecular formula is C29H28F2N4O. The summed E-state index contributed by atoms with van der Waals surface area (Å²) in [5, 5.41) is 4.62. The predicted octanol–water partition coefficient (Wildman–Crippen LogP) is 5.07. The van der Waals surface area contributed by atoms with Crippen LogP contribution in [-0.4, -0.2) is 47.4 Å². The van der Waals surface area contributed by atoms with Crippen molar-refractivity contribution in [3.8, 4) is 22.4 Å². The first-order chi connectivity index (χ1) is 17.6. The Morgan fingerprint density at radius 1 is 0.722 bits per heavy atom. The standard InChI is InChI=1S/C29H28F2N4O/c30-24-9-7-23(8-10-24)28-21-27(22-5-2-1-3-6-22)29(36)35(32-28)16-4-15-33-17-19-34(20-18-33)26-13-11-25(31)12-14-26/h1-3,5-14,21H,4,15-20H2. The number of benzene rings is 3. The van der Waals surface area contributed by atoms with Crippen LogP contribution in [0.25, 0.3) is 22.4 Å². The van der Waals surface area contributed by atoms with Crippen LogP contribution in [0.15, 0.2) is 89.7 Å². The molecule has 1 saturated heterocycles. The molecule has 0 N–H and O–H groups in total. The highest BCUT2D eigenvalue weighted by Crippen LogP contribution is 2.22. The minimum atomic E-state index is -0.310. The van der Waals surface area contributed by atoms with Gasteiger partial charge in [-0.2, -0.15) is 5.10 Å². The van der Waals surface area contributed by atoms with E-state index in [9.17, 15) is 13.6 Å². The Kier molecular flexibility index (Phi) is 7.18. The molecule has 36 heavy (non-hydrogen) atoms. The first-order valence-corrected chi connectivity index (χ1v) is 12.2. The summed E-state index contributed by atoms with van der Waals surface area (Å²) in [6.45, 7) is 4.91. The van der Waals surface area contributed by atoms with E-state index < -0.39 is 0 Å². The number of aromatic nitrogens is 2. The molecule has 0 bridgehead atoms. The van der Waals surface area contributed by atoms with Gasteiger partial charge in [0.15, 0.2) is 0 Å². The lowest BCUT2D eigenvalue weighted by Gasteiger charge is -2.36. The Labute approximate surface area is 209 Å². The molecule has 4 aromatic rings. The van der Waals surface area contributed by atoms with Crippen LogP contribution in [0.1, 0.15) is 6.42 Å². The van der Waals surface area contributed by atoms with Crippen LogP contribution < -0.4 is 10.5 Å². The summed E-state index contributed by atoms with van der Waals surface area (Å²) in [5.74, 6) is -0.532. The van der Waals surface area contributed by atoms with Crippen LogP contribution >= 0.6 is 0 Å². The molecule has 2 heterocycles. The Hall–Kier alpha value is -3.84. The van der Waals surface area contributed by atoms with Crippen LogP contribution in [0.5, 0.6) is 0 Å². The first kappa shape index (κ1) is 23.9. The van der Waals surface area contributed by atoms with E-state index >= 15 is 0 Å². The molecule has 0 unspecified atom stereocenters. The summed E-state index contributed by atoms with van der Waals surface area (Å²) in [6.07, 6.45) is 0.782. The minimum Gasteiger partial charge on any atom is -0.369 e. The molecule has 184 valence electrons. The smallest absolute Gasteiger partial charge is 0.274 e. The third-order valence-corrected chi connectivity index (χ3v) is 6.61. The van der Waals surface area contributed by atoms with E-state index in [0.29, 0.717) is 17.8 Å². The second kappa shape index (κ2) is 10.8. The van der Waals surface area contributed by atoms with Crippen LogP contribution in [0, 0.1) is 11.6 Å². The Bertz CT molecular complexity index is 1350. The molecule has 1 aliphatic heterocycles. The number of rotatable bonds is 7. The topological polar surface area (TPSA) is 41.4 Å². The molecule has 1 aromatic heterocycles. The Morgan fingerprint density at radius 2 is 1.36 bits per heavy atom. The van der Waals surface area contributed by atoms with Gasteiger partial charge in [-0.15, -0.1) is 0 Å². The van der Waals surface area contributed by atoms with Crippen molar-refractivity contribution in [2.75, 3.05) is 37.6 Å². The van der Waals surface area contributed by atoms with Crippen molar-refractivity contribution in [3.05, 3.63) is 107 Å². The lowest BCUT2D eigenvalue weighted by atomic mass is 10.0. The average Bonchev–Trinajstić information content (AvgIpc) is 2.91. The SMILES string of the molecule is O=c1c(-c2ccccc2)cc(-c2ccc(F)cc2)nn1CCCN1CCN(c2ccc(F)cc2)CC1. The van der Waals surface area contributed by atoms with Crippen LogP contribution in [0.2, 0.25) is 0 Å². The fourth-order valence-corrected chi connectivity index (χ4v) is 4.61.